The molecule has 1 aromatic carbocycles. The average molecular weight is 270 g/mol. The van der Waals surface area contributed by atoms with Crippen LogP contribution in [-0.4, -0.2) is 12.6 Å². The number of halogens is 4. The van der Waals surface area contributed by atoms with Crippen molar-refractivity contribution >= 4 is 12.4 Å². The molecule has 0 aliphatic heterocycles. The van der Waals surface area contributed by atoms with Crippen LogP contribution in [0.4, 0.5) is 13.2 Å². The number of hydrogen-bond acceptors (Lipinski definition) is 2. The summed E-state index contributed by atoms with van der Waals surface area (Å²) in [5.74, 6) is 0.199. The van der Waals surface area contributed by atoms with Gasteiger partial charge in [0.2, 0.25) is 0 Å². The first kappa shape index (κ1) is 16.1. The molecule has 0 bridgehead atoms. The summed E-state index contributed by atoms with van der Waals surface area (Å²) in [6.45, 7) is 3.51. The van der Waals surface area contributed by atoms with Crippen LogP contribution in [0, 0.1) is 6.92 Å². The molecule has 0 heterocycles. The molecule has 0 saturated heterocycles. The highest BCUT2D eigenvalue weighted by Gasteiger charge is 2.31. The van der Waals surface area contributed by atoms with E-state index in [0.29, 0.717) is 5.56 Å². The fourth-order valence-electron chi connectivity index (χ4n) is 1.22. The highest BCUT2D eigenvalue weighted by molar-refractivity contribution is 5.85. The second-order valence-corrected chi connectivity index (χ2v) is 3.82. The summed E-state index contributed by atoms with van der Waals surface area (Å²) < 4.78 is 42.6. The lowest BCUT2D eigenvalue weighted by atomic mass is 10.1. The number of aryl methyl sites for hydroxylation is 1. The SMILES string of the molecule is Cc1cc(OCC(C)N)cc(C(F)(F)F)c1.Cl. The van der Waals surface area contributed by atoms with E-state index in [1.165, 1.54) is 0 Å². The van der Waals surface area contributed by atoms with E-state index in [-0.39, 0.29) is 30.8 Å². The first-order chi connectivity index (χ1) is 7.29. The van der Waals surface area contributed by atoms with Crippen molar-refractivity contribution in [2.75, 3.05) is 6.61 Å². The third-order valence-corrected chi connectivity index (χ3v) is 1.89. The molecule has 0 fully saturated rings. The quantitative estimate of drug-likeness (QED) is 0.915. The van der Waals surface area contributed by atoms with Crippen LogP contribution < -0.4 is 10.5 Å². The van der Waals surface area contributed by atoms with Gasteiger partial charge in [0.05, 0.1) is 5.56 Å². The monoisotopic (exact) mass is 269 g/mol. The number of ether oxygens (including phenoxy) is 1. The summed E-state index contributed by atoms with van der Waals surface area (Å²) in [6, 6.07) is 3.40. The lowest BCUT2D eigenvalue weighted by Crippen LogP contribution is -2.23. The molecule has 1 unspecified atom stereocenters. The summed E-state index contributed by atoms with van der Waals surface area (Å²) in [5.41, 5.74) is 5.26. The summed E-state index contributed by atoms with van der Waals surface area (Å²) in [4.78, 5) is 0. The Morgan fingerprint density at radius 3 is 2.35 bits per heavy atom. The van der Waals surface area contributed by atoms with Crippen molar-refractivity contribution in [3.8, 4) is 5.75 Å². The lowest BCUT2D eigenvalue weighted by Gasteiger charge is -2.13. The molecule has 2 N–H and O–H groups in total. The molecule has 2 nitrogen and oxygen atoms in total. The Labute approximate surface area is 104 Å². The minimum Gasteiger partial charge on any atom is -0.492 e. The van der Waals surface area contributed by atoms with E-state index in [1.807, 2.05) is 0 Å². The molecule has 98 valence electrons. The van der Waals surface area contributed by atoms with Crippen LogP contribution in [0.2, 0.25) is 0 Å². The lowest BCUT2D eigenvalue weighted by molar-refractivity contribution is -0.137. The van der Waals surface area contributed by atoms with Crippen molar-refractivity contribution < 1.29 is 17.9 Å². The first-order valence-electron chi connectivity index (χ1n) is 4.86. The van der Waals surface area contributed by atoms with Crippen molar-refractivity contribution in [2.24, 2.45) is 5.73 Å². The number of benzene rings is 1. The van der Waals surface area contributed by atoms with Crippen molar-refractivity contribution in [3.05, 3.63) is 29.3 Å². The van der Waals surface area contributed by atoms with Crippen LogP contribution in [0.3, 0.4) is 0 Å². The van der Waals surface area contributed by atoms with Gasteiger partial charge < -0.3 is 10.5 Å². The largest absolute Gasteiger partial charge is 0.492 e. The smallest absolute Gasteiger partial charge is 0.416 e. The van der Waals surface area contributed by atoms with E-state index in [4.69, 9.17) is 10.5 Å². The molecule has 0 radical (unpaired) electrons. The number of rotatable bonds is 3. The molecule has 0 spiro atoms. The molecule has 0 saturated carbocycles. The molecule has 0 amide bonds. The normalized spacial score (nSPS) is 12.8. The molecule has 0 aliphatic rings. The van der Waals surface area contributed by atoms with Gasteiger partial charge in [-0.3, -0.25) is 0 Å². The molecule has 6 heteroatoms. The maximum atomic E-state index is 12.5. The Kier molecular flexibility index (Phi) is 5.78. The van der Waals surface area contributed by atoms with E-state index >= 15 is 0 Å². The summed E-state index contributed by atoms with van der Waals surface area (Å²) >= 11 is 0. The Bertz CT molecular complexity index is 366. The van der Waals surface area contributed by atoms with Gasteiger partial charge in [0.1, 0.15) is 12.4 Å². The summed E-state index contributed by atoms with van der Waals surface area (Å²) in [5, 5.41) is 0. The molecular weight excluding hydrogens is 255 g/mol. The van der Waals surface area contributed by atoms with Crippen molar-refractivity contribution in [1.29, 1.82) is 0 Å². The minimum atomic E-state index is -4.35. The fourth-order valence-corrected chi connectivity index (χ4v) is 1.22. The minimum absolute atomic E-state index is 0. The van der Waals surface area contributed by atoms with Gasteiger partial charge in [-0.1, -0.05) is 0 Å². The maximum Gasteiger partial charge on any atom is 0.416 e. The Hall–Kier alpha value is -0.940. The molecule has 1 aromatic rings. The molecule has 1 atom stereocenters. The van der Waals surface area contributed by atoms with Crippen LogP contribution in [-0.2, 0) is 6.18 Å². The highest BCUT2D eigenvalue weighted by atomic mass is 35.5. The first-order valence-corrected chi connectivity index (χ1v) is 4.86. The third kappa shape index (κ3) is 5.28. The van der Waals surface area contributed by atoms with Crippen molar-refractivity contribution in [1.82, 2.24) is 0 Å². The maximum absolute atomic E-state index is 12.5. The summed E-state index contributed by atoms with van der Waals surface area (Å²) in [6.07, 6.45) is -4.35. The summed E-state index contributed by atoms with van der Waals surface area (Å²) in [7, 11) is 0. The van der Waals surface area contributed by atoms with Gasteiger partial charge in [0, 0.05) is 6.04 Å². The van der Waals surface area contributed by atoms with Crippen LogP contribution in [0.5, 0.6) is 5.75 Å². The van der Waals surface area contributed by atoms with E-state index < -0.39 is 11.7 Å². The number of hydrogen-bond donors (Lipinski definition) is 1. The molecular formula is C11H15ClF3NO. The van der Waals surface area contributed by atoms with Gasteiger partial charge in [0.25, 0.3) is 0 Å². The van der Waals surface area contributed by atoms with Crippen LogP contribution >= 0.6 is 12.4 Å². The molecule has 17 heavy (non-hydrogen) atoms. The zero-order valence-electron chi connectivity index (χ0n) is 9.54. The predicted molar refractivity (Wildman–Crippen MR) is 62.6 cm³/mol. The second kappa shape index (κ2) is 6.12. The fraction of sp³-hybridized carbons (Fsp3) is 0.455. The Morgan fingerprint density at radius 1 is 1.29 bits per heavy atom. The van der Waals surface area contributed by atoms with Gasteiger partial charge in [-0.25, -0.2) is 0 Å². The molecule has 1 rings (SSSR count). The van der Waals surface area contributed by atoms with E-state index in [1.54, 1.807) is 19.9 Å². The van der Waals surface area contributed by atoms with E-state index in [2.05, 4.69) is 0 Å². The van der Waals surface area contributed by atoms with Crippen LogP contribution in [0.15, 0.2) is 18.2 Å². The second-order valence-electron chi connectivity index (χ2n) is 3.82. The third-order valence-electron chi connectivity index (χ3n) is 1.89. The zero-order chi connectivity index (χ0) is 12.3. The average Bonchev–Trinajstić information content (AvgIpc) is 2.12. The van der Waals surface area contributed by atoms with Gasteiger partial charge in [0.15, 0.2) is 0 Å². The number of alkyl halides is 3. The standard InChI is InChI=1S/C11H14F3NO.ClH/c1-7-3-9(11(12,13)14)5-10(4-7)16-6-8(2)15;/h3-5,8H,6,15H2,1-2H3;1H. The van der Waals surface area contributed by atoms with E-state index in [9.17, 15) is 13.2 Å². The number of nitrogens with two attached hydrogens (primary N) is 1. The predicted octanol–water partition coefficient (Wildman–Crippen LogP) is 3.16. The van der Waals surface area contributed by atoms with Gasteiger partial charge in [-0.05, 0) is 37.6 Å². The van der Waals surface area contributed by atoms with E-state index in [0.717, 1.165) is 12.1 Å². The van der Waals surface area contributed by atoms with Gasteiger partial charge in [-0.2, -0.15) is 13.2 Å². The van der Waals surface area contributed by atoms with Crippen LogP contribution in [0.25, 0.3) is 0 Å². The molecule has 0 aliphatic carbocycles. The zero-order valence-corrected chi connectivity index (χ0v) is 10.4. The van der Waals surface area contributed by atoms with Crippen molar-refractivity contribution in [2.45, 2.75) is 26.1 Å². The Morgan fingerprint density at radius 2 is 1.88 bits per heavy atom. The highest BCUT2D eigenvalue weighted by Crippen LogP contribution is 2.32. The van der Waals surface area contributed by atoms with Crippen LogP contribution in [0.1, 0.15) is 18.1 Å². The Balaban J connectivity index is 0.00000256. The van der Waals surface area contributed by atoms with Gasteiger partial charge >= 0.3 is 6.18 Å². The van der Waals surface area contributed by atoms with Crippen molar-refractivity contribution in [3.63, 3.8) is 0 Å². The molecule has 0 aromatic heterocycles. The van der Waals surface area contributed by atoms with Gasteiger partial charge in [-0.15, -0.1) is 12.4 Å². The topological polar surface area (TPSA) is 35.2 Å².